The van der Waals surface area contributed by atoms with Gasteiger partial charge in [0, 0.05) is 17.2 Å². The Labute approximate surface area is 130 Å². The number of hydrogen-bond acceptors (Lipinski definition) is 3. The molecule has 2 atom stereocenters. The van der Waals surface area contributed by atoms with E-state index in [0.29, 0.717) is 11.0 Å². The third-order valence-corrected chi connectivity index (χ3v) is 4.22. The fraction of sp³-hybridized carbons (Fsp3) is 0.462. The Balaban J connectivity index is 2.35. The topological polar surface area (TPSA) is 70.5 Å². The van der Waals surface area contributed by atoms with Gasteiger partial charge < -0.3 is 10.0 Å². The molecule has 1 N–H and O–H groups in total. The number of piperidine rings is 1. The summed E-state index contributed by atoms with van der Waals surface area (Å²) in [5.41, 5.74) is 0.224. The number of aromatic nitrogens is 1. The van der Waals surface area contributed by atoms with Crippen LogP contribution < -0.4 is 0 Å². The van der Waals surface area contributed by atoms with Crippen LogP contribution in [0.4, 0.5) is 0 Å². The second-order valence-corrected chi connectivity index (χ2v) is 6.17. The first-order chi connectivity index (χ1) is 9.41. The standard InChI is InChI=1S/C13H14BrClN2O3/c1-7-3-2-4-17(10(7)13(19)20)12(18)9-5-8(14)6-16-11(9)15/h5-7,10H,2-4H2,1H3,(H,19,20). The summed E-state index contributed by atoms with van der Waals surface area (Å²) in [4.78, 5) is 29.2. The minimum atomic E-state index is -0.982. The van der Waals surface area contributed by atoms with Gasteiger partial charge in [0.25, 0.3) is 5.91 Å². The van der Waals surface area contributed by atoms with Gasteiger partial charge >= 0.3 is 5.97 Å². The van der Waals surface area contributed by atoms with Crippen LogP contribution in [0, 0.1) is 5.92 Å². The normalized spacial score (nSPS) is 22.6. The molecule has 1 aliphatic heterocycles. The number of pyridine rings is 1. The van der Waals surface area contributed by atoms with E-state index in [9.17, 15) is 14.7 Å². The average molecular weight is 362 g/mol. The molecule has 1 amide bonds. The predicted molar refractivity (Wildman–Crippen MR) is 77.8 cm³/mol. The fourth-order valence-electron chi connectivity index (χ4n) is 2.52. The molecule has 2 heterocycles. The number of likely N-dealkylation sites (tertiary alicyclic amines) is 1. The quantitative estimate of drug-likeness (QED) is 0.822. The van der Waals surface area contributed by atoms with Crippen LogP contribution in [0.2, 0.25) is 5.15 Å². The third-order valence-electron chi connectivity index (χ3n) is 3.48. The maximum Gasteiger partial charge on any atom is 0.326 e. The molecule has 2 rings (SSSR count). The Morgan fingerprint density at radius 1 is 1.55 bits per heavy atom. The molecule has 0 aliphatic carbocycles. The molecule has 108 valence electrons. The summed E-state index contributed by atoms with van der Waals surface area (Å²) in [6, 6.07) is 0.752. The minimum absolute atomic E-state index is 0.0795. The van der Waals surface area contributed by atoms with Crippen LogP contribution >= 0.6 is 27.5 Å². The molecule has 2 unspecified atom stereocenters. The Morgan fingerprint density at radius 3 is 2.90 bits per heavy atom. The molecule has 1 aromatic heterocycles. The van der Waals surface area contributed by atoms with E-state index in [4.69, 9.17) is 11.6 Å². The van der Waals surface area contributed by atoms with E-state index >= 15 is 0 Å². The molecular formula is C13H14BrClN2O3. The van der Waals surface area contributed by atoms with Crippen molar-refractivity contribution in [3.63, 3.8) is 0 Å². The molecule has 1 aliphatic rings. The van der Waals surface area contributed by atoms with Gasteiger partial charge in [-0.3, -0.25) is 4.79 Å². The maximum atomic E-state index is 12.6. The zero-order valence-corrected chi connectivity index (χ0v) is 13.2. The molecule has 20 heavy (non-hydrogen) atoms. The monoisotopic (exact) mass is 360 g/mol. The first kappa shape index (κ1) is 15.3. The Morgan fingerprint density at radius 2 is 2.25 bits per heavy atom. The third kappa shape index (κ3) is 2.96. The highest BCUT2D eigenvalue weighted by molar-refractivity contribution is 9.10. The highest BCUT2D eigenvalue weighted by Crippen LogP contribution is 2.27. The van der Waals surface area contributed by atoms with Crippen LogP contribution in [-0.2, 0) is 4.79 Å². The molecular weight excluding hydrogens is 348 g/mol. The van der Waals surface area contributed by atoms with Crippen LogP contribution in [0.3, 0.4) is 0 Å². The lowest BCUT2D eigenvalue weighted by molar-refractivity contribution is -0.145. The highest BCUT2D eigenvalue weighted by Gasteiger charge is 2.38. The molecule has 1 aromatic rings. The van der Waals surface area contributed by atoms with Gasteiger partial charge in [-0.25, -0.2) is 9.78 Å². The summed E-state index contributed by atoms with van der Waals surface area (Å²) >= 11 is 9.18. The van der Waals surface area contributed by atoms with Crippen LogP contribution in [0.1, 0.15) is 30.1 Å². The number of hydrogen-bond donors (Lipinski definition) is 1. The van der Waals surface area contributed by atoms with Crippen LogP contribution in [-0.4, -0.2) is 39.5 Å². The zero-order chi connectivity index (χ0) is 14.9. The molecule has 0 bridgehead atoms. The van der Waals surface area contributed by atoms with E-state index in [-0.39, 0.29) is 22.5 Å². The lowest BCUT2D eigenvalue weighted by atomic mass is 9.90. The average Bonchev–Trinajstić information content (AvgIpc) is 2.40. The number of carbonyl (C=O) groups excluding carboxylic acids is 1. The van der Waals surface area contributed by atoms with Crippen molar-refractivity contribution in [2.24, 2.45) is 5.92 Å². The van der Waals surface area contributed by atoms with Crippen molar-refractivity contribution >= 4 is 39.4 Å². The van der Waals surface area contributed by atoms with Gasteiger partial charge in [0.05, 0.1) is 5.56 Å². The van der Waals surface area contributed by atoms with E-state index in [2.05, 4.69) is 20.9 Å². The first-order valence-corrected chi connectivity index (χ1v) is 7.43. The van der Waals surface area contributed by atoms with E-state index in [1.807, 2.05) is 6.92 Å². The van der Waals surface area contributed by atoms with E-state index in [1.165, 1.54) is 11.1 Å². The largest absolute Gasteiger partial charge is 0.480 e. The van der Waals surface area contributed by atoms with Gasteiger partial charge in [0.1, 0.15) is 11.2 Å². The van der Waals surface area contributed by atoms with Crippen LogP contribution in [0.25, 0.3) is 0 Å². The van der Waals surface area contributed by atoms with Crippen molar-refractivity contribution in [1.82, 2.24) is 9.88 Å². The van der Waals surface area contributed by atoms with Crippen molar-refractivity contribution < 1.29 is 14.7 Å². The first-order valence-electron chi connectivity index (χ1n) is 6.26. The molecule has 5 nitrogen and oxygen atoms in total. The summed E-state index contributed by atoms with van der Waals surface area (Å²) < 4.78 is 0.627. The number of carboxylic acid groups (broad SMARTS) is 1. The van der Waals surface area contributed by atoms with E-state index < -0.39 is 12.0 Å². The van der Waals surface area contributed by atoms with E-state index in [1.54, 1.807) is 6.07 Å². The fourth-order valence-corrected chi connectivity index (χ4v) is 3.04. The Bertz CT molecular complexity index is 552. The summed E-state index contributed by atoms with van der Waals surface area (Å²) in [5.74, 6) is -1.45. The van der Waals surface area contributed by atoms with Gasteiger partial charge in [-0.2, -0.15) is 0 Å². The van der Waals surface area contributed by atoms with Crippen LogP contribution in [0.15, 0.2) is 16.7 Å². The molecule has 1 saturated heterocycles. The summed E-state index contributed by atoms with van der Waals surface area (Å²) in [6.45, 7) is 2.27. The number of amides is 1. The number of nitrogens with zero attached hydrogens (tertiary/aromatic N) is 2. The molecule has 0 saturated carbocycles. The van der Waals surface area contributed by atoms with Crippen molar-refractivity contribution in [3.05, 3.63) is 27.5 Å². The van der Waals surface area contributed by atoms with Gasteiger partial charge in [-0.15, -0.1) is 0 Å². The number of rotatable bonds is 2. The van der Waals surface area contributed by atoms with Crippen LogP contribution in [0.5, 0.6) is 0 Å². The van der Waals surface area contributed by atoms with Gasteiger partial charge in [0.15, 0.2) is 0 Å². The molecule has 7 heteroatoms. The van der Waals surface area contributed by atoms with Crippen molar-refractivity contribution in [3.8, 4) is 0 Å². The summed E-state index contributed by atoms with van der Waals surface area (Å²) in [6.07, 6.45) is 3.08. The Kier molecular flexibility index (Phi) is 4.65. The van der Waals surface area contributed by atoms with E-state index in [0.717, 1.165) is 12.8 Å². The highest BCUT2D eigenvalue weighted by atomic mass is 79.9. The summed E-state index contributed by atoms with van der Waals surface area (Å²) in [7, 11) is 0. The maximum absolute atomic E-state index is 12.6. The SMILES string of the molecule is CC1CCCN(C(=O)c2cc(Br)cnc2Cl)C1C(=O)O. The zero-order valence-electron chi connectivity index (χ0n) is 10.8. The summed E-state index contributed by atoms with van der Waals surface area (Å²) in [5, 5.41) is 9.43. The van der Waals surface area contributed by atoms with Gasteiger partial charge in [-0.1, -0.05) is 18.5 Å². The van der Waals surface area contributed by atoms with Crippen molar-refractivity contribution in [1.29, 1.82) is 0 Å². The van der Waals surface area contributed by atoms with Gasteiger partial charge in [-0.05, 0) is 40.8 Å². The lowest BCUT2D eigenvalue weighted by Crippen LogP contribution is -2.52. The molecule has 0 spiro atoms. The second kappa shape index (κ2) is 6.10. The predicted octanol–water partition coefficient (Wildman–Crippen LogP) is 2.82. The minimum Gasteiger partial charge on any atom is -0.480 e. The molecule has 0 radical (unpaired) electrons. The van der Waals surface area contributed by atoms with Gasteiger partial charge in [0.2, 0.25) is 0 Å². The Hall–Kier alpha value is -1.14. The number of halogens is 2. The lowest BCUT2D eigenvalue weighted by Gasteiger charge is -2.37. The number of carboxylic acids is 1. The number of carbonyl (C=O) groups is 2. The molecule has 0 aromatic carbocycles. The smallest absolute Gasteiger partial charge is 0.326 e. The molecule has 1 fully saturated rings. The second-order valence-electron chi connectivity index (χ2n) is 4.89. The number of aliphatic carboxylic acids is 1. The van der Waals surface area contributed by atoms with Crippen molar-refractivity contribution in [2.75, 3.05) is 6.54 Å². The van der Waals surface area contributed by atoms with Crippen molar-refractivity contribution in [2.45, 2.75) is 25.8 Å².